The Morgan fingerprint density at radius 1 is 1.40 bits per heavy atom. The first kappa shape index (κ1) is 9.50. The minimum absolute atomic E-state index is 0. The summed E-state index contributed by atoms with van der Waals surface area (Å²) < 4.78 is 0.222. The second-order valence-electron chi connectivity index (χ2n) is 0.632. The smallest absolute Gasteiger partial charge is 0.0414 e. The summed E-state index contributed by atoms with van der Waals surface area (Å²) >= 11 is 7.66. The van der Waals surface area contributed by atoms with Gasteiger partial charge in [-0.1, -0.05) is 0 Å². The maximum absolute atomic E-state index is 3.83. The van der Waals surface area contributed by atoms with Crippen LogP contribution in [0.3, 0.4) is 0 Å². The molecule has 0 aliphatic heterocycles. The standard InChI is InChI=1S/C2H6S2.Ni/c1-2(3)4;/h2-4H,1H3;. The van der Waals surface area contributed by atoms with E-state index in [0.29, 0.717) is 0 Å². The van der Waals surface area contributed by atoms with E-state index >= 15 is 0 Å². The molecule has 0 radical (unpaired) electrons. The van der Waals surface area contributed by atoms with Crippen molar-refractivity contribution in [2.24, 2.45) is 0 Å². The third kappa shape index (κ3) is 37.2. The van der Waals surface area contributed by atoms with Crippen molar-refractivity contribution >= 4 is 25.3 Å². The van der Waals surface area contributed by atoms with E-state index in [0.717, 1.165) is 0 Å². The van der Waals surface area contributed by atoms with Crippen LogP contribution in [0, 0.1) is 0 Å². The summed E-state index contributed by atoms with van der Waals surface area (Å²) in [7, 11) is 0. The van der Waals surface area contributed by atoms with Crippen LogP contribution in [0.15, 0.2) is 0 Å². The molecule has 0 aliphatic carbocycles. The predicted octanol–water partition coefficient (Wildman–Crippen LogP) is 1.19. The normalized spacial score (nSPS) is 7.20. The molecule has 0 nitrogen and oxygen atoms in total. The van der Waals surface area contributed by atoms with Gasteiger partial charge in [0.15, 0.2) is 0 Å². The van der Waals surface area contributed by atoms with Gasteiger partial charge in [0.25, 0.3) is 0 Å². The molecule has 0 aromatic carbocycles. The van der Waals surface area contributed by atoms with Crippen LogP contribution in [-0.4, -0.2) is 4.58 Å². The minimum atomic E-state index is 0. The van der Waals surface area contributed by atoms with E-state index in [1.807, 2.05) is 6.92 Å². The van der Waals surface area contributed by atoms with E-state index < -0.39 is 0 Å². The summed E-state index contributed by atoms with van der Waals surface area (Å²) in [5, 5.41) is 0. The Labute approximate surface area is 53.5 Å². The van der Waals surface area contributed by atoms with E-state index in [9.17, 15) is 0 Å². The fraction of sp³-hybridized carbons (Fsp3) is 1.00. The molecule has 0 aromatic rings. The van der Waals surface area contributed by atoms with Gasteiger partial charge in [0.1, 0.15) is 0 Å². The summed E-state index contributed by atoms with van der Waals surface area (Å²) in [4.78, 5) is 0. The summed E-state index contributed by atoms with van der Waals surface area (Å²) in [6.45, 7) is 1.90. The third-order valence-electron chi connectivity index (χ3n) is 0. The first-order valence-corrected chi connectivity index (χ1v) is 2.13. The summed E-state index contributed by atoms with van der Waals surface area (Å²) in [5.74, 6) is 0. The van der Waals surface area contributed by atoms with Crippen LogP contribution < -0.4 is 0 Å². The summed E-state index contributed by atoms with van der Waals surface area (Å²) in [5.41, 5.74) is 0. The molecule has 0 unspecified atom stereocenters. The van der Waals surface area contributed by atoms with E-state index in [1.54, 1.807) is 0 Å². The average Bonchev–Trinajstić information content (AvgIpc) is 0.811. The van der Waals surface area contributed by atoms with E-state index in [1.165, 1.54) is 0 Å². The van der Waals surface area contributed by atoms with Crippen LogP contribution in [0.4, 0.5) is 0 Å². The van der Waals surface area contributed by atoms with E-state index in [-0.39, 0.29) is 21.1 Å². The predicted molar refractivity (Wildman–Crippen MR) is 27.4 cm³/mol. The van der Waals surface area contributed by atoms with Gasteiger partial charge in [-0.2, -0.15) is 25.3 Å². The molecule has 5 heavy (non-hydrogen) atoms. The molecule has 0 bridgehead atoms. The fourth-order valence-electron chi connectivity index (χ4n) is 0. The molecule has 0 rings (SSSR count). The number of hydrogen-bond donors (Lipinski definition) is 2. The van der Waals surface area contributed by atoms with Gasteiger partial charge in [-0.15, -0.1) is 0 Å². The van der Waals surface area contributed by atoms with Gasteiger partial charge < -0.3 is 0 Å². The van der Waals surface area contributed by atoms with Crippen molar-refractivity contribution in [2.75, 3.05) is 0 Å². The van der Waals surface area contributed by atoms with Crippen molar-refractivity contribution < 1.29 is 16.5 Å². The van der Waals surface area contributed by atoms with Gasteiger partial charge in [0.2, 0.25) is 0 Å². The van der Waals surface area contributed by atoms with Crippen molar-refractivity contribution in [3.05, 3.63) is 0 Å². The fourth-order valence-corrected chi connectivity index (χ4v) is 0. The molecular weight excluding hydrogens is 147 g/mol. The molecule has 0 N–H and O–H groups in total. The Morgan fingerprint density at radius 3 is 1.40 bits per heavy atom. The zero-order chi connectivity index (χ0) is 3.58. The second kappa shape index (κ2) is 5.19. The molecule has 0 fully saturated rings. The number of thiol groups is 2. The zero-order valence-electron chi connectivity index (χ0n) is 2.79. The Kier molecular flexibility index (Phi) is 9.87. The maximum Gasteiger partial charge on any atom is 0.0414 e. The average molecular weight is 153 g/mol. The molecule has 0 saturated carbocycles. The van der Waals surface area contributed by atoms with Crippen LogP contribution in [0.5, 0.6) is 0 Å². The Morgan fingerprint density at radius 2 is 1.40 bits per heavy atom. The molecule has 3 heteroatoms. The zero-order valence-corrected chi connectivity index (χ0v) is 5.56. The largest absolute Gasteiger partial charge is 0.166 e. The Balaban J connectivity index is 0. The molecule has 0 amide bonds. The van der Waals surface area contributed by atoms with Crippen LogP contribution in [0.2, 0.25) is 0 Å². The molecule has 0 heterocycles. The van der Waals surface area contributed by atoms with Crippen LogP contribution >= 0.6 is 25.3 Å². The SMILES string of the molecule is CC(S)S.[Ni]. The molecule has 0 aromatic heterocycles. The minimum Gasteiger partial charge on any atom is -0.166 e. The van der Waals surface area contributed by atoms with E-state index in [4.69, 9.17) is 0 Å². The second-order valence-corrected chi connectivity index (χ2v) is 2.59. The molecule has 36 valence electrons. The van der Waals surface area contributed by atoms with Gasteiger partial charge in [-0.3, -0.25) is 0 Å². The Bertz CT molecular complexity index is 12.4. The first-order valence-electron chi connectivity index (χ1n) is 1.09. The van der Waals surface area contributed by atoms with Gasteiger partial charge in [-0.25, -0.2) is 0 Å². The quantitative estimate of drug-likeness (QED) is 0.291. The third-order valence-corrected chi connectivity index (χ3v) is 0. The maximum atomic E-state index is 3.83. The van der Waals surface area contributed by atoms with Gasteiger partial charge in [-0.05, 0) is 6.92 Å². The summed E-state index contributed by atoms with van der Waals surface area (Å²) in [6.07, 6.45) is 0. The van der Waals surface area contributed by atoms with Crippen molar-refractivity contribution in [1.82, 2.24) is 0 Å². The Hall–Kier alpha value is 1.19. The van der Waals surface area contributed by atoms with Crippen molar-refractivity contribution in [3.8, 4) is 0 Å². The van der Waals surface area contributed by atoms with Crippen LogP contribution in [-0.2, 0) is 16.5 Å². The topological polar surface area (TPSA) is 0 Å². The first-order chi connectivity index (χ1) is 1.73. The van der Waals surface area contributed by atoms with Gasteiger partial charge in [0, 0.05) is 21.1 Å². The molecule has 0 saturated heterocycles. The molecule has 0 atom stereocenters. The van der Waals surface area contributed by atoms with E-state index in [2.05, 4.69) is 25.3 Å². The summed E-state index contributed by atoms with van der Waals surface area (Å²) in [6, 6.07) is 0. The molecular formula is C2H6NiS2. The molecule has 0 aliphatic rings. The molecule has 0 spiro atoms. The van der Waals surface area contributed by atoms with Crippen LogP contribution in [0.1, 0.15) is 6.92 Å². The van der Waals surface area contributed by atoms with Gasteiger partial charge in [0.05, 0.1) is 0 Å². The van der Waals surface area contributed by atoms with Crippen LogP contribution in [0.25, 0.3) is 0 Å². The van der Waals surface area contributed by atoms with Crippen molar-refractivity contribution in [2.45, 2.75) is 11.5 Å². The number of rotatable bonds is 0. The monoisotopic (exact) mass is 152 g/mol. The van der Waals surface area contributed by atoms with Gasteiger partial charge >= 0.3 is 0 Å². The van der Waals surface area contributed by atoms with Crippen molar-refractivity contribution in [3.63, 3.8) is 0 Å². The van der Waals surface area contributed by atoms with Crippen molar-refractivity contribution in [1.29, 1.82) is 0 Å². The number of hydrogen-bond acceptors (Lipinski definition) is 2.